The number of allylic oxidation sites excluding steroid dienone is 1. The number of aryl methyl sites for hydroxylation is 1. The second kappa shape index (κ2) is 5.60. The van der Waals surface area contributed by atoms with Crippen molar-refractivity contribution in [3.8, 4) is 0 Å². The highest BCUT2D eigenvalue weighted by Crippen LogP contribution is 2.04. The Kier molecular flexibility index (Phi) is 4.40. The molecule has 14 heavy (non-hydrogen) atoms. The summed E-state index contributed by atoms with van der Waals surface area (Å²) in [6.45, 7) is 10.7. The Morgan fingerprint density at radius 3 is 3.07 bits per heavy atom. The molecule has 0 aromatic carbocycles. The van der Waals surface area contributed by atoms with Crippen LogP contribution in [-0.2, 0) is 13.1 Å². The van der Waals surface area contributed by atoms with Gasteiger partial charge in [0.1, 0.15) is 5.82 Å². The number of imidazole rings is 1. The largest absolute Gasteiger partial charge is 0.327 e. The van der Waals surface area contributed by atoms with E-state index >= 15 is 0 Å². The Labute approximate surface area is 85.8 Å². The second-order valence-electron chi connectivity index (χ2n) is 3.37. The minimum Gasteiger partial charge on any atom is -0.327 e. The van der Waals surface area contributed by atoms with Crippen LogP contribution in [0.4, 0.5) is 0 Å². The van der Waals surface area contributed by atoms with E-state index in [2.05, 4.69) is 28.4 Å². The lowest BCUT2D eigenvalue weighted by atomic mass is 10.4. The summed E-state index contributed by atoms with van der Waals surface area (Å²) in [5.41, 5.74) is 1.23. The molecular formula is C11H19N3. The van der Waals surface area contributed by atoms with Gasteiger partial charge in [0, 0.05) is 19.3 Å². The van der Waals surface area contributed by atoms with Crippen LogP contribution in [0.15, 0.2) is 18.9 Å². The molecule has 0 fully saturated rings. The predicted molar refractivity (Wildman–Crippen MR) is 59.2 cm³/mol. The van der Waals surface area contributed by atoms with Crippen molar-refractivity contribution in [3.05, 3.63) is 30.4 Å². The molecule has 0 radical (unpaired) electrons. The maximum atomic E-state index is 4.29. The van der Waals surface area contributed by atoms with Gasteiger partial charge in [-0.05, 0) is 19.9 Å². The minimum absolute atomic E-state index is 0.842. The van der Waals surface area contributed by atoms with E-state index in [0.29, 0.717) is 0 Å². The fraction of sp³-hybridized carbons (Fsp3) is 0.545. The van der Waals surface area contributed by atoms with Crippen LogP contribution in [0.5, 0.6) is 0 Å². The Morgan fingerprint density at radius 1 is 1.64 bits per heavy atom. The molecule has 0 aliphatic carbocycles. The number of hydrogen-bond acceptors (Lipinski definition) is 2. The second-order valence-corrected chi connectivity index (χ2v) is 3.37. The summed E-state index contributed by atoms with van der Waals surface area (Å²) in [7, 11) is 0. The monoisotopic (exact) mass is 193 g/mol. The molecule has 1 heterocycles. The Bertz CT molecular complexity index is 289. The number of nitrogens with zero attached hydrogens (tertiary/aromatic N) is 2. The third-order valence-corrected chi connectivity index (χ3v) is 2.18. The summed E-state index contributed by atoms with van der Waals surface area (Å²) in [6.07, 6.45) is 4.99. The summed E-state index contributed by atoms with van der Waals surface area (Å²) in [4.78, 5) is 4.29. The van der Waals surface area contributed by atoms with Crippen molar-refractivity contribution in [3.63, 3.8) is 0 Å². The topological polar surface area (TPSA) is 29.9 Å². The van der Waals surface area contributed by atoms with Crippen molar-refractivity contribution < 1.29 is 0 Å². The van der Waals surface area contributed by atoms with E-state index in [9.17, 15) is 0 Å². The lowest BCUT2D eigenvalue weighted by Gasteiger charge is -2.07. The number of aromatic nitrogens is 2. The molecule has 3 heteroatoms. The molecule has 78 valence electrons. The van der Waals surface area contributed by atoms with Gasteiger partial charge >= 0.3 is 0 Å². The summed E-state index contributed by atoms with van der Waals surface area (Å²) in [6, 6.07) is 0. The fourth-order valence-electron chi connectivity index (χ4n) is 1.43. The standard InChI is InChI=1S/C11H19N3/c1-4-6-12-8-11-9-13-10(3)14(11)7-5-2/h5,9,12H,2,4,6-8H2,1,3H3. The molecule has 3 nitrogen and oxygen atoms in total. The molecule has 0 amide bonds. The van der Waals surface area contributed by atoms with Crippen molar-refractivity contribution in [2.75, 3.05) is 6.54 Å². The van der Waals surface area contributed by atoms with E-state index in [1.165, 1.54) is 5.69 Å². The first-order valence-electron chi connectivity index (χ1n) is 5.12. The smallest absolute Gasteiger partial charge is 0.106 e. The minimum atomic E-state index is 0.842. The third-order valence-electron chi connectivity index (χ3n) is 2.18. The van der Waals surface area contributed by atoms with Gasteiger partial charge in [0.2, 0.25) is 0 Å². The quantitative estimate of drug-likeness (QED) is 0.552. The van der Waals surface area contributed by atoms with Crippen molar-refractivity contribution in [1.82, 2.24) is 14.9 Å². The highest BCUT2D eigenvalue weighted by atomic mass is 15.1. The highest BCUT2D eigenvalue weighted by molar-refractivity contribution is 5.05. The van der Waals surface area contributed by atoms with Gasteiger partial charge in [-0.3, -0.25) is 0 Å². The van der Waals surface area contributed by atoms with Crippen molar-refractivity contribution in [2.24, 2.45) is 0 Å². The SMILES string of the molecule is C=CCn1c(CNCCC)cnc1C. The molecule has 0 saturated carbocycles. The van der Waals surface area contributed by atoms with Crippen LogP contribution in [0.2, 0.25) is 0 Å². The molecular weight excluding hydrogens is 174 g/mol. The summed E-state index contributed by atoms with van der Waals surface area (Å²) in [5.74, 6) is 1.05. The average Bonchev–Trinajstić information content (AvgIpc) is 2.51. The first-order valence-corrected chi connectivity index (χ1v) is 5.12. The zero-order valence-corrected chi connectivity index (χ0v) is 9.08. The van der Waals surface area contributed by atoms with Crippen LogP contribution >= 0.6 is 0 Å². The predicted octanol–water partition coefficient (Wildman–Crippen LogP) is 1.88. The molecule has 1 aromatic rings. The van der Waals surface area contributed by atoms with Gasteiger partial charge < -0.3 is 9.88 Å². The zero-order valence-electron chi connectivity index (χ0n) is 9.08. The molecule has 0 unspecified atom stereocenters. The maximum absolute atomic E-state index is 4.29. The van der Waals surface area contributed by atoms with Gasteiger partial charge in [-0.1, -0.05) is 13.0 Å². The Balaban J connectivity index is 2.60. The van der Waals surface area contributed by atoms with E-state index in [4.69, 9.17) is 0 Å². The molecule has 1 aromatic heterocycles. The molecule has 0 aliphatic rings. The first-order chi connectivity index (χ1) is 6.79. The van der Waals surface area contributed by atoms with Gasteiger partial charge in [-0.25, -0.2) is 4.98 Å². The highest BCUT2D eigenvalue weighted by Gasteiger charge is 2.03. The van der Waals surface area contributed by atoms with Gasteiger partial charge in [-0.2, -0.15) is 0 Å². The Morgan fingerprint density at radius 2 is 2.43 bits per heavy atom. The molecule has 1 N–H and O–H groups in total. The van der Waals surface area contributed by atoms with Crippen LogP contribution in [0, 0.1) is 6.92 Å². The van der Waals surface area contributed by atoms with Crippen LogP contribution in [0.25, 0.3) is 0 Å². The van der Waals surface area contributed by atoms with Gasteiger partial charge in [-0.15, -0.1) is 6.58 Å². The summed E-state index contributed by atoms with van der Waals surface area (Å²) in [5, 5.41) is 3.37. The van der Waals surface area contributed by atoms with Gasteiger partial charge in [0.05, 0.1) is 5.69 Å². The number of hydrogen-bond donors (Lipinski definition) is 1. The van der Waals surface area contributed by atoms with Crippen molar-refractivity contribution in [2.45, 2.75) is 33.4 Å². The van der Waals surface area contributed by atoms with E-state index in [-0.39, 0.29) is 0 Å². The number of nitrogens with one attached hydrogen (secondary N) is 1. The van der Waals surface area contributed by atoms with Crippen LogP contribution in [0.1, 0.15) is 24.9 Å². The van der Waals surface area contributed by atoms with Gasteiger partial charge in [0.15, 0.2) is 0 Å². The molecule has 1 rings (SSSR count). The number of rotatable bonds is 6. The summed E-state index contributed by atoms with van der Waals surface area (Å²) < 4.78 is 2.18. The zero-order chi connectivity index (χ0) is 10.4. The lowest BCUT2D eigenvalue weighted by Crippen LogP contribution is -2.17. The molecule has 0 aliphatic heterocycles. The molecule has 0 atom stereocenters. The third kappa shape index (κ3) is 2.70. The Hall–Kier alpha value is -1.09. The molecule has 0 spiro atoms. The summed E-state index contributed by atoms with van der Waals surface area (Å²) >= 11 is 0. The average molecular weight is 193 g/mol. The molecule has 0 bridgehead atoms. The van der Waals surface area contributed by atoms with Crippen molar-refractivity contribution >= 4 is 0 Å². The fourth-order valence-corrected chi connectivity index (χ4v) is 1.43. The lowest BCUT2D eigenvalue weighted by molar-refractivity contribution is 0.627. The van der Waals surface area contributed by atoms with Crippen LogP contribution < -0.4 is 5.32 Å². The van der Waals surface area contributed by atoms with Crippen LogP contribution in [-0.4, -0.2) is 16.1 Å². The normalized spacial score (nSPS) is 10.4. The van der Waals surface area contributed by atoms with Crippen molar-refractivity contribution in [1.29, 1.82) is 0 Å². The van der Waals surface area contributed by atoms with Gasteiger partial charge in [0.25, 0.3) is 0 Å². The first kappa shape index (κ1) is 11.0. The van der Waals surface area contributed by atoms with Crippen LogP contribution in [0.3, 0.4) is 0 Å². The maximum Gasteiger partial charge on any atom is 0.106 e. The van der Waals surface area contributed by atoms with E-state index in [1.54, 1.807) is 0 Å². The van der Waals surface area contributed by atoms with E-state index in [0.717, 1.165) is 31.9 Å². The molecule has 0 saturated heterocycles. The van der Waals surface area contributed by atoms with E-state index < -0.39 is 0 Å². The van der Waals surface area contributed by atoms with E-state index in [1.807, 2.05) is 19.2 Å².